The van der Waals surface area contributed by atoms with E-state index in [2.05, 4.69) is 12.2 Å². The minimum Gasteiger partial charge on any atom is -0.330 e. The van der Waals surface area contributed by atoms with Crippen LogP contribution in [0.2, 0.25) is 0 Å². The van der Waals surface area contributed by atoms with Crippen LogP contribution >= 0.6 is 0 Å². The standard InChI is InChI=1S/C12H24N2/c1-2-10-8-11(10)14-7-6-12(9-13)4-3-5-12/h10-11,14H,2-9,13H2,1H3. The van der Waals surface area contributed by atoms with E-state index in [0.717, 1.165) is 18.5 Å². The Labute approximate surface area is 87.6 Å². The SMILES string of the molecule is CCC1CC1NCCC1(CN)CCC1. The van der Waals surface area contributed by atoms with Gasteiger partial charge in [0, 0.05) is 6.04 Å². The van der Waals surface area contributed by atoms with E-state index >= 15 is 0 Å². The first-order chi connectivity index (χ1) is 6.79. The molecule has 0 bridgehead atoms. The molecule has 2 atom stereocenters. The largest absolute Gasteiger partial charge is 0.330 e. The molecule has 0 saturated heterocycles. The van der Waals surface area contributed by atoms with Crippen molar-refractivity contribution in [2.45, 2.75) is 51.5 Å². The van der Waals surface area contributed by atoms with Crippen LogP contribution < -0.4 is 11.1 Å². The van der Waals surface area contributed by atoms with Crippen molar-refractivity contribution in [2.75, 3.05) is 13.1 Å². The molecule has 2 saturated carbocycles. The molecular weight excluding hydrogens is 172 g/mol. The topological polar surface area (TPSA) is 38.0 Å². The van der Waals surface area contributed by atoms with Gasteiger partial charge in [-0.25, -0.2) is 0 Å². The Morgan fingerprint density at radius 2 is 2.21 bits per heavy atom. The maximum absolute atomic E-state index is 5.83. The van der Waals surface area contributed by atoms with E-state index in [9.17, 15) is 0 Å². The number of nitrogens with one attached hydrogen (secondary N) is 1. The number of nitrogens with two attached hydrogens (primary N) is 1. The van der Waals surface area contributed by atoms with Crippen molar-refractivity contribution in [3.63, 3.8) is 0 Å². The molecule has 2 aliphatic carbocycles. The third kappa shape index (κ3) is 2.12. The van der Waals surface area contributed by atoms with E-state index in [0.29, 0.717) is 5.41 Å². The lowest BCUT2D eigenvalue weighted by molar-refractivity contribution is 0.130. The van der Waals surface area contributed by atoms with E-state index in [1.165, 1.54) is 45.1 Å². The summed E-state index contributed by atoms with van der Waals surface area (Å²) in [5.74, 6) is 0.977. The van der Waals surface area contributed by atoms with Gasteiger partial charge in [-0.2, -0.15) is 0 Å². The Kier molecular flexibility index (Phi) is 3.13. The monoisotopic (exact) mass is 196 g/mol. The average molecular weight is 196 g/mol. The van der Waals surface area contributed by atoms with Crippen molar-refractivity contribution in [1.29, 1.82) is 0 Å². The molecule has 2 nitrogen and oxygen atoms in total. The van der Waals surface area contributed by atoms with Crippen LogP contribution in [-0.2, 0) is 0 Å². The van der Waals surface area contributed by atoms with Crippen LogP contribution in [0.4, 0.5) is 0 Å². The van der Waals surface area contributed by atoms with E-state index in [-0.39, 0.29) is 0 Å². The van der Waals surface area contributed by atoms with Gasteiger partial charge in [-0.1, -0.05) is 19.8 Å². The summed E-state index contributed by atoms with van der Waals surface area (Å²) in [5, 5.41) is 3.66. The van der Waals surface area contributed by atoms with Crippen molar-refractivity contribution in [1.82, 2.24) is 5.32 Å². The summed E-state index contributed by atoms with van der Waals surface area (Å²) in [6, 6.07) is 0.843. The number of hydrogen-bond donors (Lipinski definition) is 2. The molecule has 0 spiro atoms. The molecule has 82 valence electrons. The zero-order chi connectivity index (χ0) is 10.0. The van der Waals surface area contributed by atoms with Gasteiger partial charge < -0.3 is 11.1 Å². The minimum atomic E-state index is 0.531. The van der Waals surface area contributed by atoms with Crippen LogP contribution in [0.25, 0.3) is 0 Å². The van der Waals surface area contributed by atoms with Crippen molar-refractivity contribution in [3.05, 3.63) is 0 Å². The first kappa shape index (κ1) is 10.4. The lowest BCUT2D eigenvalue weighted by Gasteiger charge is -2.41. The lowest BCUT2D eigenvalue weighted by Crippen LogP contribution is -2.40. The predicted molar refractivity (Wildman–Crippen MR) is 60.1 cm³/mol. The molecule has 2 rings (SSSR count). The van der Waals surface area contributed by atoms with E-state index < -0.39 is 0 Å². The first-order valence-corrected chi connectivity index (χ1v) is 6.23. The van der Waals surface area contributed by atoms with Crippen molar-refractivity contribution >= 4 is 0 Å². The Balaban J connectivity index is 1.58. The lowest BCUT2D eigenvalue weighted by atomic mass is 9.67. The molecule has 0 aromatic rings. The van der Waals surface area contributed by atoms with Crippen LogP contribution in [0, 0.1) is 11.3 Å². The molecule has 2 aliphatic rings. The summed E-state index contributed by atoms with van der Waals surface area (Å²) in [5.41, 5.74) is 6.36. The maximum Gasteiger partial charge on any atom is 0.00990 e. The van der Waals surface area contributed by atoms with Crippen LogP contribution in [0.3, 0.4) is 0 Å². The molecule has 0 aliphatic heterocycles. The Morgan fingerprint density at radius 1 is 1.43 bits per heavy atom. The molecule has 2 heteroatoms. The highest BCUT2D eigenvalue weighted by Crippen LogP contribution is 2.43. The summed E-state index contributed by atoms with van der Waals surface area (Å²) >= 11 is 0. The second kappa shape index (κ2) is 4.19. The van der Waals surface area contributed by atoms with Gasteiger partial charge in [0.15, 0.2) is 0 Å². The summed E-state index contributed by atoms with van der Waals surface area (Å²) in [4.78, 5) is 0. The molecule has 0 aromatic carbocycles. The van der Waals surface area contributed by atoms with E-state index in [4.69, 9.17) is 5.73 Å². The predicted octanol–water partition coefficient (Wildman–Crippen LogP) is 1.89. The second-order valence-corrected chi connectivity index (χ2v) is 5.27. The molecule has 0 heterocycles. The van der Waals surface area contributed by atoms with Gasteiger partial charge in [0.2, 0.25) is 0 Å². The first-order valence-electron chi connectivity index (χ1n) is 6.23. The van der Waals surface area contributed by atoms with Gasteiger partial charge in [0.05, 0.1) is 0 Å². The Morgan fingerprint density at radius 3 is 2.64 bits per heavy atom. The molecule has 0 amide bonds. The quantitative estimate of drug-likeness (QED) is 0.681. The third-order valence-corrected chi connectivity index (χ3v) is 4.36. The van der Waals surface area contributed by atoms with Crippen LogP contribution in [0.1, 0.15) is 45.4 Å². The fourth-order valence-corrected chi connectivity index (χ4v) is 2.70. The molecule has 0 aromatic heterocycles. The maximum atomic E-state index is 5.83. The minimum absolute atomic E-state index is 0.531. The van der Waals surface area contributed by atoms with Crippen molar-refractivity contribution < 1.29 is 0 Å². The smallest absolute Gasteiger partial charge is 0.00990 e. The molecule has 2 fully saturated rings. The fourth-order valence-electron chi connectivity index (χ4n) is 2.70. The van der Waals surface area contributed by atoms with Crippen molar-refractivity contribution in [2.24, 2.45) is 17.1 Å². The zero-order valence-electron chi connectivity index (χ0n) is 9.39. The third-order valence-electron chi connectivity index (χ3n) is 4.36. The molecule has 14 heavy (non-hydrogen) atoms. The highest BCUT2D eigenvalue weighted by Gasteiger charge is 2.37. The van der Waals surface area contributed by atoms with Crippen LogP contribution in [0.5, 0.6) is 0 Å². The average Bonchev–Trinajstić information content (AvgIpc) is 2.88. The summed E-state index contributed by atoms with van der Waals surface area (Å²) in [7, 11) is 0. The molecular formula is C12H24N2. The van der Waals surface area contributed by atoms with Gasteiger partial charge >= 0.3 is 0 Å². The van der Waals surface area contributed by atoms with E-state index in [1.54, 1.807) is 0 Å². The van der Waals surface area contributed by atoms with Crippen LogP contribution in [0.15, 0.2) is 0 Å². The summed E-state index contributed by atoms with van der Waals surface area (Å²) in [6.45, 7) is 4.38. The summed E-state index contributed by atoms with van der Waals surface area (Å²) < 4.78 is 0. The fraction of sp³-hybridized carbons (Fsp3) is 1.00. The number of hydrogen-bond acceptors (Lipinski definition) is 2. The van der Waals surface area contributed by atoms with Gasteiger partial charge in [-0.3, -0.25) is 0 Å². The number of rotatable bonds is 6. The highest BCUT2D eigenvalue weighted by atomic mass is 15.0. The van der Waals surface area contributed by atoms with Crippen molar-refractivity contribution in [3.8, 4) is 0 Å². The normalized spacial score (nSPS) is 33.9. The Bertz CT molecular complexity index is 181. The summed E-state index contributed by atoms with van der Waals surface area (Å²) in [6.07, 6.45) is 8.20. The molecule has 2 unspecified atom stereocenters. The van der Waals surface area contributed by atoms with Gasteiger partial charge in [-0.15, -0.1) is 0 Å². The van der Waals surface area contributed by atoms with Gasteiger partial charge in [0.1, 0.15) is 0 Å². The van der Waals surface area contributed by atoms with E-state index in [1.807, 2.05) is 0 Å². The van der Waals surface area contributed by atoms with Gasteiger partial charge in [0.25, 0.3) is 0 Å². The molecule has 3 N–H and O–H groups in total. The molecule has 0 radical (unpaired) electrons. The highest BCUT2D eigenvalue weighted by molar-refractivity contribution is 4.94. The second-order valence-electron chi connectivity index (χ2n) is 5.27. The van der Waals surface area contributed by atoms with Gasteiger partial charge in [-0.05, 0) is 50.1 Å². The Hall–Kier alpha value is -0.0800. The van der Waals surface area contributed by atoms with Crippen LogP contribution in [-0.4, -0.2) is 19.1 Å². The zero-order valence-corrected chi connectivity index (χ0v) is 9.39.